The van der Waals surface area contributed by atoms with Gasteiger partial charge in [0.1, 0.15) is 5.65 Å². The van der Waals surface area contributed by atoms with Crippen molar-refractivity contribution in [1.82, 2.24) is 24.3 Å². The van der Waals surface area contributed by atoms with Crippen molar-refractivity contribution in [2.24, 2.45) is 0 Å². The number of aromatic amines is 1. The molecule has 0 spiro atoms. The normalized spacial score (nSPS) is 14.9. The first-order valence-corrected chi connectivity index (χ1v) is 8.92. The first kappa shape index (κ1) is 17.9. The Morgan fingerprint density at radius 2 is 2.07 bits per heavy atom. The molecule has 1 N–H and O–H groups in total. The third kappa shape index (κ3) is 2.88. The lowest BCUT2D eigenvalue weighted by molar-refractivity contribution is -0.136. The van der Waals surface area contributed by atoms with Crippen LogP contribution in [-0.2, 0) is 12.7 Å². The number of pyridine rings is 1. The summed E-state index contributed by atoms with van der Waals surface area (Å²) in [6.45, 7) is 4.25. The highest BCUT2D eigenvalue weighted by atomic mass is 32.1. The minimum atomic E-state index is -4.71. The van der Waals surface area contributed by atoms with Crippen LogP contribution in [0.25, 0.3) is 22.3 Å². The summed E-state index contributed by atoms with van der Waals surface area (Å²) in [5.41, 5.74) is -0.589. The molecule has 1 saturated carbocycles. The maximum Gasteiger partial charge on any atom is 0.417 e. The molecule has 0 atom stereocenters. The third-order valence-corrected chi connectivity index (χ3v) is 5.09. The molecule has 3 aromatic heterocycles. The topological polar surface area (TPSA) is 68.5 Å². The number of H-pyrrole nitrogens is 1. The van der Waals surface area contributed by atoms with E-state index in [0.717, 1.165) is 18.9 Å². The van der Waals surface area contributed by atoms with E-state index in [1.165, 1.54) is 10.8 Å². The molecule has 3 aromatic rings. The van der Waals surface area contributed by atoms with Crippen LogP contribution in [0.2, 0.25) is 0 Å². The van der Waals surface area contributed by atoms with Gasteiger partial charge < -0.3 is 0 Å². The van der Waals surface area contributed by atoms with Gasteiger partial charge in [0.05, 0.1) is 22.8 Å². The SMILES string of the molecule is CCn1ncc(-c2cc(C(F)(F)F)c3c(=O)[nH]c(=S)n(C4CC4)c3n2)c1C. The fourth-order valence-electron chi connectivity index (χ4n) is 3.30. The lowest BCUT2D eigenvalue weighted by atomic mass is 10.1. The van der Waals surface area contributed by atoms with Crippen LogP contribution < -0.4 is 5.56 Å². The van der Waals surface area contributed by atoms with Crippen LogP contribution >= 0.6 is 12.2 Å². The third-order valence-electron chi connectivity index (χ3n) is 4.79. The molecule has 0 aliphatic heterocycles. The van der Waals surface area contributed by atoms with Gasteiger partial charge in [-0.15, -0.1) is 0 Å². The Morgan fingerprint density at radius 3 is 2.63 bits per heavy atom. The van der Waals surface area contributed by atoms with Gasteiger partial charge in [0.15, 0.2) is 4.77 Å². The van der Waals surface area contributed by atoms with Gasteiger partial charge in [-0.25, -0.2) is 4.98 Å². The van der Waals surface area contributed by atoms with E-state index in [0.29, 0.717) is 17.8 Å². The van der Waals surface area contributed by atoms with Gasteiger partial charge in [0.2, 0.25) is 0 Å². The molecule has 3 heterocycles. The molecule has 0 aromatic carbocycles. The van der Waals surface area contributed by atoms with Crippen LogP contribution in [0.5, 0.6) is 0 Å². The van der Waals surface area contributed by atoms with E-state index >= 15 is 0 Å². The molecule has 0 saturated heterocycles. The van der Waals surface area contributed by atoms with E-state index in [4.69, 9.17) is 12.2 Å². The number of aryl methyl sites for hydroxylation is 1. The number of fused-ring (bicyclic) bond motifs is 1. The van der Waals surface area contributed by atoms with Crippen molar-refractivity contribution in [3.63, 3.8) is 0 Å². The fraction of sp³-hybridized carbons (Fsp3) is 0.412. The minimum absolute atomic E-state index is 0.0280. The Kier molecular flexibility index (Phi) is 3.99. The molecule has 142 valence electrons. The summed E-state index contributed by atoms with van der Waals surface area (Å²) in [4.78, 5) is 19.1. The van der Waals surface area contributed by atoms with E-state index in [1.807, 2.05) is 6.92 Å². The lowest BCUT2D eigenvalue weighted by Gasteiger charge is -2.15. The zero-order chi connectivity index (χ0) is 19.5. The van der Waals surface area contributed by atoms with Crippen LogP contribution in [0.1, 0.15) is 37.1 Å². The van der Waals surface area contributed by atoms with Crippen LogP contribution in [0.4, 0.5) is 13.2 Å². The van der Waals surface area contributed by atoms with Crippen molar-refractivity contribution in [2.45, 2.75) is 45.5 Å². The number of nitrogens with one attached hydrogen (secondary N) is 1. The molecule has 0 unspecified atom stereocenters. The summed E-state index contributed by atoms with van der Waals surface area (Å²) in [5.74, 6) is 0. The zero-order valence-electron chi connectivity index (χ0n) is 14.6. The second kappa shape index (κ2) is 6.01. The van der Waals surface area contributed by atoms with E-state index in [-0.39, 0.29) is 22.2 Å². The van der Waals surface area contributed by atoms with Gasteiger partial charge in [-0.05, 0) is 45.0 Å². The largest absolute Gasteiger partial charge is 0.417 e. The molecule has 1 fully saturated rings. The summed E-state index contributed by atoms with van der Waals surface area (Å²) in [7, 11) is 0. The highest BCUT2D eigenvalue weighted by Crippen LogP contribution is 2.40. The minimum Gasteiger partial charge on any atom is -0.299 e. The van der Waals surface area contributed by atoms with Crippen molar-refractivity contribution in [1.29, 1.82) is 0 Å². The Morgan fingerprint density at radius 1 is 1.37 bits per heavy atom. The molecule has 0 amide bonds. The highest BCUT2D eigenvalue weighted by Gasteiger charge is 2.37. The summed E-state index contributed by atoms with van der Waals surface area (Å²) < 4.78 is 44.6. The quantitative estimate of drug-likeness (QED) is 0.681. The van der Waals surface area contributed by atoms with Crippen molar-refractivity contribution < 1.29 is 13.2 Å². The monoisotopic (exact) mass is 395 g/mol. The molecule has 0 bridgehead atoms. The van der Waals surface area contributed by atoms with E-state index in [2.05, 4.69) is 15.1 Å². The molecule has 10 heteroatoms. The van der Waals surface area contributed by atoms with Gasteiger partial charge in [0, 0.05) is 23.8 Å². The molecule has 27 heavy (non-hydrogen) atoms. The second-order valence-corrected chi connectivity index (χ2v) is 6.96. The molecule has 1 aliphatic rings. The summed E-state index contributed by atoms with van der Waals surface area (Å²) in [6, 6.07) is 0.877. The van der Waals surface area contributed by atoms with E-state index in [9.17, 15) is 18.0 Å². The number of rotatable bonds is 3. The smallest absolute Gasteiger partial charge is 0.299 e. The zero-order valence-corrected chi connectivity index (χ0v) is 15.4. The Balaban J connectivity index is 2.13. The first-order chi connectivity index (χ1) is 12.7. The number of hydrogen-bond donors (Lipinski definition) is 1. The highest BCUT2D eigenvalue weighted by molar-refractivity contribution is 7.71. The summed E-state index contributed by atoms with van der Waals surface area (Å²) in [5, 5.41) is 3.71. The molecule has 1 aliphatic carbocycles. The maximum absolute atomic E-state index is 13.8. The fourth-order valence-corrected chi connectivity index (χ4v) is 3.62. The van der Waals surface area contributed by atoms with Crippen molar-refractivity contribution in [2.75, 3.05) is 0 Å². The van der Waals surface area contributed by atoms with E-state index in [1.54, 1.807) is 11.6 Å². The van der Waals surface area contributed by atoms with Crippen molar-refractivity contribution in [3.05, 3.63) is 38.6 Å². The molecular weight excluding hydrogens is 379 g/mol. The average molecular weight is 395 g/mol. The Bertz CT molecular complexity index is 1170. The molecule has 6 nitrogen and oxygen atoms in total. The van der Waals surface area contributed by atoms with E-state index < -0.39 is 22.7 Å². The number of aromatic nitrogens is 5. The number of halogens is 3. The standard InChI is InChI=1S/C17H16F3N5OS/c1-3-24-8(2)10(7-21-24)12-6-11(17(18,19)20)13-14(22-12)25(9-4-5-9)16(27)23-15(13)26/h6-7,9H,3-5H2,1-2H3,(H,23,26,27). The van der Waals surface area contributed by atoms with Gasteiger partial charge in [-0.2, -0.15) is 18.3 Å². The summed E-state index contributed by atoms with van der Waals surface area (Å²) >= 11 is 5.20. The Labute approximate surface area is 156 Å². The van der Waals surface area contributed by atoms with Crippen molar-refractivity contribution in [3.8, 4) is 11.3 Å². The second-order valence-electron chi connectivity index (χ2n) is 6.57. The first-order valence-electron chi connectivity index (χ1n) is 8.52. The number of alkyl halides is 3. The van der Waals surface area contributed by atoms with Crippen LogP contribution in [-0.4, -0.2) is 24.3 Å². The predicted octanol–water partition coefficient (Wildman–Crippen LogP) is 4.00. The van der Waals surface area contributed by atoms with Crippen LogP contribution in [0.15, 0.2) is 17.1 Å². The average Bonchev–Trinajstić information content (AvgIpc) is 3.34. The molecule has 0 radical (unpaired) electrons. The number of hydrogen-bond acceptors (Lipinski definition) is 4. The van der Waals surface area contributed by atoms with Gasteiger partial charge in [0.25, 0.3) is 5.56 Å². The Hall–Kier alpha value is -2.49. The van der Waals surface area contributed by atoms with Crippen LogP contribution in [0.3, 0.4) is 0 Å². The van der Waals surface area contributed by atoms with Gasteiger partial charge >= 0.3 is 6.18 Å². The molecular formula is C17H16F3N5OS. The number of nitrogens with zero attached hydrogens (tertiary/aromatic N) is 4. The van der Waals surface area contributed by atoms with Gasteiger partial charge in [-0.1, -0.05) is 0 Å². The molecule has 4 rings (SSSR count). The summed E-state index contributed by atoms with van der Waals surface area (Å²) in [6.07, 6.45) is -1.64. The lowest BCUT2D eigenvalue weighted by Crippen LogP contribution is -2.20. The van der Waals surface area contributed by atoms with Gasteiger partial charge in [-0.3, -0.25) is 19.0 Å². The van der Waals surface area contributed by atoms with Crippen molar-refractivity contribution >= 4 is 23.3 Å². The van der Waals surface area contributed by atoms with Crippen LogP contribution in [0, 0.1) is 11.7 Å². The predicted molar refractivity (Wildman–Crippen MR) is 96.1 cm³/mol. The maximum atomic E-state index is 13.8.